The van der Waals surface area contributed by atoms with E-state index in [1.165, 1.54) is 0 Å². The van der Waals surface area contributed by atoms with Gasteiger partial charge in [0.05, 0.1) is 5.56 Å². The normalized spacial score (nSPS) is 10.2. The third-order valence-corrected chi connectivity index (χ3v) is 3.57. The molecule has 4 nitrogen and oxygen atoms in total. The minimum absolute atomic E-state index is 0.193. The lowest BCUT2D eigenvalue weighted by Crippen LogP contribution is -2.13. The van der Waals surface area contributed by atoms with Gasteiger partial charge in [-0.2, -0.15) is 0 Å². The summed E-state index contributed by atoms with van der Waals surface area (Å²) in [5.74, 6) is -0.193. The molecule has 2 aromatic carbocycles. The molecule has 0 saturated carbocycles. The lowest BCUT2D eigenvalue weighted by atomic mass is 10.2. The zero-order chi connectivity index (χ0) is 14.7. The molecule has 104 valence electrons. The maximum atomic E-state index is 12.2. The Kier molecular flexibility index (Phi) is 4.29. The van der Waals surface area contributed by atoms with E-state index in [0.29, 0.717) is 15.7 Å². The third kappa shape index (κ3) is 3.30. The number of carbonyl (C=O) groups excluding carboxylic acids is 1. The third-order valence-electron chi connectivity index (χ3n) is 2.88. The second-order valence-corrected chi connectivity index (χ2v) is 5.49. The number of halogens is 1. The molecule has 0 saturated heterocycles. The maximum absolute atomic E-state index is 12.2. The summed E-state index contributed by atoms with van der Waals surface area (Å²) in [6, 6.07) is 12.8. The van der Waals surface area contributed by atoms with Gasteiger partial charge in [0.25, 0.3) is 5.91 Å². The van der Waals surface area contributed by atoms with Crippen molar-refractivity contribution < 1.29 is 4.79 Å². The van der Waals surface area contributed by atoms with Crippen LogP contribution in [0.15, 0.2) is 46.9 Å². The molecule has 0 fully saturated rings. The summed E-state index contributed by atoms with van der Waals surface area (Å²) in [7, 11) is 3.94. The number of rotatable bonds is 3. The van der Waals surface area contributed by atoms with Crippen LogP contribution in [0.2, 0.25) is 0 Å². The van der Waals surface area contributed by atoms with Crippen LogP contribution in [-0.4, -0.2) is 20.0 Å². The van der Waals surface area contributed by atoms with Crippen molar-refractivity contribution in [3.8, 4) is 0 Å². The highest BCUT2D eigenvalue weighted by atomic mass is 79.9. The average Bonchev–Trinajstić information content (AvgIpc) is 2.42. The molecule has 0 radical (unpaired) electrons. The number of nitrogen functional groups attached to an aromatic ring is 1. The molecule has 0 bridgehead atoms. The Hall–Kier alpha value is -2.01. The van der Waals surface area contributed by atoms with E-state index in [1.54, 1.807) is 18.2 Å². The minimum atomic E-state index is -0.193. The van der Waals surface area contributed by atoms with Gasteiger partial charge in [0.15, 0.2) is 0 Å². The number of nitrogens with zero attached hydrogens (tertiary/aromatic N) is 1. The number of hydrogen-bond acceptors (Lipinski definition) is 3. The Morgan fingerprint density at radius 1 is 1.15 bits per heavy atom. The molecule has 0 aliphatic rings. The molecule has 0 aliphatic heterocycles. The summed E-state index contributed by atoms with van der Waals surface area (Å²) >= 11 is 3.35. The molecule has 0 unspecified atom stereocenters. The molecule has 0 aliphatic carbocycles. The quantitative estimate of drug-likeness (QED) is 0.847. The number of hydrogen-bond donors (Lipinski definition) is 2. The van der Waals surface area contributed by atoms with Crippen LogP contribution in [0, 0.1) is 0 Å². The summed E-state index contributed by atoms with van der Waals surface area (Å²) < 4.78 is 0.717. The van der Waals surface area contributed by atoms with Crippen LogP contribution < -0.4 is 16.0 Å². The van der Waals surface area contributed by atoms with Crippen molar-refractivity contribution in [1.29, 1.82) is 0 Å². The average molecular weight is 334 g/mol. The predicted octanol–water partition coefficient (Wildman–Crippen LogP) is 3.35. The molecular weight excluding hydrogens is 318 g/mol. The molecule has 2 rings (SSSR count). The van der Waals surface area contributed by atoms with Crippen molar-refractivity contribution in [3.63, 3.8) is 0 Å². The van der Waals surface area contributed by atoms with Crippen molar-refractivity contribution in [2.24, 2.45) is 0 Å². The zero-order valence-electron chi connectivity index (χ0n) is 11.4. The van der Waals surface area contributed by atoms with E-state index in [0.717, 1.165) is 11.4 Å². The standard InChI is InChI=1S/C15H16BrN3O/c1-19(2)12-6-4-11(5-7-12)18-15(20)13-9-10(17)3-8-14(13)16/h3-9H,17H2,1-2H3,(H,18,20). The Bertz CT molecular complexity index is 624. The number of nitrogens with two attached hydrogens (primary N) is 1. The zero-order valence-corrected chi connectivity index (χ0v) is 12.9. The Morgan fingerprint density at radius 3 is 2.40 bits per heavy atom. The smallest absolute Gasteiger partial charge is 0.256 e. The molecule has 0 heterocycles. The Balaban J connectivity index is 2.17. The second-order valence-electron chi connectivity index (χ2n) is 4.63. The van der Waals surface area contributed by atoms with Crippen molar-refractivity contribution in [2.75, 3.05) is 30.0 Å². The lowest BCUT2D eigenvalue weighted by Gasteiger charge is -2.13. The van der Waals surface area contributed by atoms with Gasteiger partial charge in [0.1, 0.15) is 0 Å². The number of benzene rings is 2. The van der Waals surface area contributed by atoms with E-state index in [-0.39, 0.29) is 5.91 Å². The monoisotopic (exact) mass is 333 g/mol. The Labute approximate surface area is 126 Å². The highest BCUT2D eigenvalue weighted by Crippen LogP contribution is 2.22. The molecule has 3 N–H and O–H groups in total. The molecule has 5 heteroatoms. The van der Waals surface area contributed by atoms with Crippen molar-refractivity contribution in [1.82, 2.24) is 0 Å². The van der Waals surface area contributed by atoms with Crippen LogP contribution in [0.1, 0.15) is 10.4 Å². The highest BCUT2D eigenvalue weighted by molar-refractivity contribution is 9.10. The molecule has 20 heavy (non-hydrogen) atoms. The van der Waals surface area contributed by atoms with Gasteiger partial charge in [-0.3, -0.25) is 4.79 Å². The largest absolute Gasteiger partial charge is 0.399 e. The molecular formula is C15H16BrN3O. The van der Waals surface area contributed by atoms with Gasteiger partial charge in [-0.15, -0.1) is 0 Å². The first kappa shape index (κ1) is 14.4. The van der Waals surface area contributed by atoms with Gasteiger partial charge >= 0.3 is 0 Å². The molecule has 2 aromatic rings. The van der Waals surface area contributed by atoms with Gasteiger partial charge < -0.3 is 16.0 Å². The summed E-state index contributed by atoms with van der Waals surface area (Å²) in [5, 5.41) is 2.85. The van der Waals surface area contributed by atoms with Crippen LogP contribution in [0.3, 0.4) is 0 Å². The van der Waals surface area contributed by atoms with Gasteiger partial charge in [0.2, 0.25) is 0 Å². The number of nitrogens with one attached hydrogen (secondary N) is 1. The summed E-state index contributed by atoms with van der Waals surface area (Å²) in [6.45, 7) is 0. The van der Waals surface area contributed by atoms with E-state index < -0.39 is 0 Å². The first-order valence-corrected chi connectivity index (χ1v) is 6.90. The molecule has 1 amide bonds. The van der Waals surface area contributed by atoms with E-state index in [9.17, 15) is 4.79 Å². The number of amides is 1. The lowest BCUT2D eigenvalue weighted by molar-refractivity contribution is 0.102. The van der Waals surface area contributed by atoms with E-state index in [1.807, 2.05) is 43.3 Å². The van der Waals surface area contributed by atoms with Crippen LogP contribution in [-0.2, 0) is 0 Å². The van der Waals surface area contributed by atoms with Crippen LogP contribution in [0.25, 0.3) is 0 Å². The predicted molar refractivity (Wildman–Crippen MR) is 87.3 cm³/mol. The van der Waals surface area contributed by atoms with Crippen LogP contribution >= 0.6 is 15.9 Å². The fourth-order valence-corrected chi connectivity index (χ4v) is 2.18. The number of carbonyl (C=O) groups is 1. The molecule has 0 aromatic heterocycles. The number of anilines is 3. The van der Waals surface area contributed by atoms with E-state index >= 15 is 0 Å². The maximum Gasteiger partial charge on any atom is 0.256 e. The SMILES string of the molecule is CN(C)c1ccc(NC(=O)c2cc(N)ccc2Br)cc1. The summed E-state index contributed by atoms with van der Waals surface area (Å²) in [4.78, 5) is 14.2. The fourth-order valence-electron chi connectivity index (χ4n) is 1.76. The van der Waals surface area contributed by atoms with Crippen molar-refractivity contribution in [2.45, 2.75) is 0 Å². The first-order valence-electron chi connectivity index (χ1n) is 6.11. The van der Waals surface area contributed by atoms with Crippen LogP contribution in [0.4, 0.5) is 17.1 Å². The van der Waals surface area contributed by atoms with E-state index in [4.69, 9.17) is 5.73 Å². The topological polar surface area (TPSA) is 58.4 Å². The second kappa shape index (κ2) is 5.96. The van der Waals surface area contributed by atoms with Gasteiger partial charge in [-0.25, -0.2) is 0 Å². The highest BCUT2D eigenvalue weighted by Gasteiger charge is 2.10. The van der Waals surface area contributed by atoms with E-state index in [2.05, 4.69) is 21.2 Å². The van der Waals surface area contributed by atoms with Crippen LogP contribution in [0.5, 0.6) is 0 Å². The van der Waals surface area contributed by atoms with Gasteiger partial charge in [-0.05, 0) is 58.4 Å². The summed E-state index contributed by atoms with van der Waals surface area (Å²) in [5.41, 5.74) is 8.60. The summed E-state index contributed by atoms with van der Waals surface area (Å²) in [6.07, 6.45) is 0. The van der Waals surface area contributed by atoms with Gasteiger partial charge in [0, 0.05) is 35.6 Å². The van der Waals surface area contributed by atoms with Gasteiger partial charge in [-0.1, -0.05) is 0 Å². The van der Waals surface area contributed by atoms with Crippen molar-refractivity contribution >= 4 is 38.9 Å². The van der Waals surface area contributed by atoms with Crippen molar-refractivity contribution in [3.05, 3.63) is 52.5 Å². The first-order chi connectivity index (χ1) is 9.47. The fraction of sp³-hybridized carbons (Fsp3) is 0.133. The molecule has 0 atom stereocenters. The Morgan fingerprint density at radius 2 is 1.80 bits per heavy atom. The molecule has 0 spiro atoms. The minimum Gasteiger partial charge on any atom is -0.399 e.